The minimum Gasteiger partial charge on any atom is -0.423 e. The van der Waals surface area contributed by atoms with Gasteiger partial charge in [0.05, 0.1) is 0 Å². The van der Waals surface area contributed by atoms with Crippen LogP contribution in [0, 0.1) is 0 Å². The number of hydrogen-bond donors (Lipinski definition) is 0. The highest BCUT2D eigenvalue weighted by Crippen LogP contribution is 2.14. The molecule has 0 N–H and O–H groups in total. The Morgan fingerprint density at radius 2 is 2.15 bits per heavy atom. The molecular weight excluding hydrogens is 176 g/mol. The van der Waals surface area contributed by atoms with Crippen molar-refractivity contribution in [3.8, 4) is 0 Å². The maximum Gasteiger partial charge on any atom is 0.172 e. The molecule has 70 valence electrons. The van der Waals surface area contributed by atoms with Crippen molar-refractivity contribution in [1.29, 1.82) is 0 Å². The average Bonchev–Trinajstić information content (AvgIpc) is 2.21. The molecule has 1 aromatic rings. The molecule has 0 amide bonds. The lowest BCUT2D eigenvalue weighted by Crippen LogP contribution is -2.09. The van der Waals surface area contributed by atoms with Gasteiger partial charge in [-0.05, 0) is 12.5 Å². The van der Waals surface area contributed by atoms with Gasteiger partial charge in [-0.2, -0.15) is 0 Å². The fourth-order valence-electron chi connectivity index (χ4n) is 1.25. The van der Waals surface area contributed by atoms with Gasteiger partial charge in [0.25, 0.3) is 0 Å². The molecule has 0 saturated heterocycles. The smallest absolute Gasteiger partial charge is 0.172 e. The molecule has 0 aliphatic carbocycles. The van der Waals surface area contributed by atoms with Gasteiger partial charge in [-0.25, -0.2) is 0 Å². The van der Waals surface area contributed by atoms with Gasteiger partial charge in [0.1, 0.15) is 0 Å². The normalized spacial score (nSPS) is 13.3. The maximum atomic E-state index is 5.51. The second-order valence-corrected chi connectivity index (χ2v) is 4.53. The van der Waals surface area contributed by atoms with Gasteiger partial charge in [-0.15, -0.1) is 6.58 Å². The highest BCUT2D eigenvalue weighted by molar-refractivity contribution is 6.30. The Balaban J connectivity index is 2.61. The lowest BCUT2D eigenvalue weighted by atomic mass is 10.1. The Morgan fingerprint density at radius 3 is 2.69 bits per heavy atom. The average molecular weight is 192 g/mol. The molecule has 0 heterocycles. The van der Waals surface area contributed by atoms with E-state index >= 15 is 0 Å². The van der Waals surface area contributed by atoms with Gasteiger partial charge in [-0.1, -0.05) is 36.4 Å². The SMILES string of the molecule is C=CC([SiH2]OCC)c1ccccc1. The molecule has 0 spiro atoms. The van der Waals surface area contributed by atoms with Crippen LogP contribution < -0.4 is 0 Å². The molecule has 1 aromatic carbocycles. The minimum absolute atomic E-state index is 0.459. The first-order chi connectivity index (χ1) is 6.38. The quantitative estimate of drug-likeness (QED) is 0.512. The Kier molecular flexibility index (Phi) is 4.50. The lowest BCUT2D eigenvalue weighted by Gasteiger charge is -2.11. The van der Waals surface area contributed by atoms with Gasteiger partial charge in [-0.3, -0.25) is 0 Å². The molecule has 1 unspecified atom stereocenters. The van der Waals surface area contributed by atoms with Gasteiger partial charge in [0.15, 0.2) is 9.76 Å². The second kappa shape index (κ2) is 5.73. The minimum atomic E-state index is -0.491. The van der Waals surface area contributed by atoms with E-state index in [0.717, 1.165) is 6.61 Å². The zero-order chi connectivity index (χ0) is 9.52. The molecule has 0 aliphatic heterocycles. The first kappa shape index (κ1) is 10.2. The highest BCUT2D eigenvalue weighted by atomic mass is 28.2. The van der Waals surface area contributed by atoms with E-state index in [1.54, 1.807) is 0 Å². The van der Waals surface area contributed by atoms with Gasteiger partial charge in [0.2, 0.25) is 0 Å². The van der Waals surface area contributed by atoms with Gasteiger partial charge in [0, 0.05) is 12.1 Å². The van der Waals surface area contributed by atoms with Crippen LogP contribution in [0.5, 0.6) is 0 Å². The van der Waals surface area contributed by atoms with Crippen molar-refractivity contribution in [3.05, 3.63) is 48.6 Å². The standard InChI is InChI=1S/C11H16OSi/c1-3-11(13-12-4-2)10-8-6-5-7-9-10/h3,5-9,11H,1,4,13H2,2H3. The number of hydrogen-bond acceptors (Lipinski definition) is 1. The molecule has 1 atom stereocenters. The predicted octanol–water partition coefficient (Wildman–Crippen LogP) is 2.03. The van der Waals surface area contributed by atoms with E-state index in [0.29, 0.717) is 5.54 Å². The summed E-state index contributed by atoms with van der Waals surface area (Å²) in [6.45, 7) is 6.71. The van der Waals surface area contributed by atoms with Crippen molar-refractivity contribution in [2.75, 3.05) is 6.61 Å². The molecule has 13 heavy (non-hydrogen) atoms. The molecule has 0 bridgehead atoms. The van der Waals surface area contributed by atoms with Crippen molar-refractivity contribution in [2.24, 2.45) is 0 Å². The van der Waals surface area contributed by atoms with Crippen LogP contribution in [0.15, 0.2) is 43.0 Å². The molecule has 0 aromatic heterocycles. The van der Waals surface area contributed by atoms with E-state index in [-0.39, 0.29) is 0 Å². The van der Waals surface area contributed by atoms with Crippen molar-refractivity contribution in [3.63, 3.8) is 0 Å². The van der Waals surface area contributed by atoms with Crippen LogP contribution >= 0.6 is 0 Å². The van der Waals surface area contributed by atoms with E-state index in [4.69, 9.17) is 4.43 Å². The van der Waals surface area contributed by atoms with E-state index in [1.165, 1.54) is 5.56 Å². The molecule has 0 saturated carbocycles. The lowest BCUT2D eigenvalue weighted by molar-refractivity contribution is 0.357. The summed E-state index contributed by atoms with van der Waals surface area (Å²) in [6, 6.07) is 10.4. The molecular formula is C11H16OSi. The number of allylic oxidation sites excluding steroid dienone is 1. The van der Waals surface area contributed by atoms with Crippen molar-refractivity contribution < 1.29 is 4.43 Å². The fourth-order valence-corrected chi connectivity index (χ4v) is 2.34. The van der Waals surface area contributed by atoms with Crippen LogP contribution in [0.4, 0.5) is 0 Å². The van der Waals surface area contributed by atoms with Crippen LogP contribution in [0.25, 0.3) is 0 Å². The maximum absolute atomic E-state index is 5.51. The van der Waals surface area contributed by atoms with Crippen LogP contribution in [0.3, 0.4) is 0 Å². The first-order valence-corrected chi connectivity index (χ1v) is 6.03. The Bertz CT molecular complexity index is 246. The van der Waals surface area contributed by atoms with Gasteiger partial charge < -0.3 is 4.43 Å². The van der Waals surface area contributed by atoms with Crippen LogP contribution in [-0.4, -0.2) is 16.4 Å². The topological polar surface area (TPSA) is 9.23 Å². The summed E-state index contributed by atoms with van der Waals surface area (Å²) >= 11 is 0. The third-order valence-corrected chi connectivity index (χ3v) is 3.82. The highest BCUT2D eigenvalue weighted by Gasteiger charge is 2.06. The van der Waals surface area contributed by atoms with Crippen molar-refractivity contribution in [1.82, 2.24) is 0 Å². The number of rotatable bonds is 5. The third kappa shape index (κ3) is 3.17. The monoisotopic (exact) mass is 192 g/mol. The zero-order valence-electron chi connectivity index (χ0n) is 8.07. The summed E-state index contributed by atoms with van der Waals surface area (Å²) in [6.07, 6.45) is 2.00. The molecule has 0 aliphatic rings. The Hall–Kier alpha value is -0.863. The van der Waals surface area contributed by atoms with Crippen molar-refractivity contribution in [2.45, 2.75) is 12.5 Å². The van der Waals surface area contributed by atoms with Crippen LogP contribution in [0.1, 0.15) is 18.0 Å². The van der Waals surface area contributed by atoms with E-state index < -0.39 is 9.76 Å². The Morgan fingerprint density at radius 1 is 1.46 bits per heavy atom. The molecule has 2 heteroatoms. The molecule has 1 rings (SSSR count). The van der Waals surface area contributed by atoms with Gasteiger partial charge >= 0.3 is 0 Å². The summed E-state index contributed by atoms with van der Waals surface area (Å²) in [5.41, 5.74) is 1.79. The Labute approximate surface area is 82.4 Å². The largest absolute Gasteiger partial charge is 0.423 e. The summed E-state index contributed by atoms with van der Waals surface area (Å²) in [5.74, 6) is 0. The number of benzene rings is 1. The molecule has 0 fully saturated rings. The first-order valence-electron chi connectivity index (χ1n) is 4.63. The summed E-state index contributed by atoms with van der Waals surface area (Å²) in [5, 5.41) is 0. The van der Waals surface area contributed by atoms with E-state index in [1.807, 2.05) is 19.1 Å². The summed E-state index contributed by atoms with van der Waals surface area (Å²) in [7, 11) is -0.491. The van der Waals surface area contributed by atoms with E-state index in [2.05, 4.69) is 30.8 Å². The molecule has 1 nitrogen and oxygen atoms in total. The fraction of sp³-hybridized carbons (Fsp3) is 0.273. The molecule has 0 radical (unpaired) electrons. The van der Waals surface area contributed by atoms with Crippen LogP contribution in [-0.2, 0) is 4.43 Å². The zero-order valence-corrected chi connectivity index (χ0v) is 9.49. The van der Waals surface area contributed by atoms with Crippen molar-refractivity contribution >= 4 is 9.76 Å². The second-order valence-electron chi connectivity index (χ2n) is 2.91. The van der Waals surface area contributed by atoms with E-state index in [9.17, 15) is 0 Å². The van der Waals surface area contributed by atoms with Crippen LogP contribution in [0.2, 0.25) is 0 Å². The third-order valence-electron chi connectivity index (χ3n) is 2.01. The summed E-state index contributed by atoms with van der Waals surface area (Å²) in [4.78, 5) is 0. The summed E-state index contributed by atoms with van der Waals surface area (Å²) < 4.78 is 5.51. The predicted molar refractivity (Wildman–Crippen MR) is 59.6 cm³/mol.